The molecule has 8 heteroatoms. The lowest BCUT2D eigenvalue weighted by Crippen LogP contribution is -2.34. The van der Waals surface area contributed by atoms with E-state index in [2.05, 4.69) is 15.8 Å². The fraction of sp³-hybridized carbons (Fsp3) is 0.105. The molecule has 0 atom stereocenters. The third-order valence-corrected chi connectivity index (χ3v) is 3.59. The van der Waals surface area contributed by atoms with Crippen LogP contribution in [0.2, 0.25) is 5.02 Å². The number of para-hydroxylation sites is 1. The van der Waals surface area contributed by atoms with Gasteiger partial charge in [0.1, 0.15) is 11.5 Å². The molecule has 0 unspecified atom stereocenters. The number of aromatic hydroxyl groups is 1. The maximum Gasteiger partial charge on any atom is 0.259 e. The molecule has 0 aromatic heterocycles. The molecule has 7 nitrogen and oxygen atoms in total. The van der Waals surface area contributed by atoms with Crippen LogP contribution in [0.5, 0.6) is 11.5 Å². The van der Waals surface area contributed by atoms with E-state index >= 15 is 0 Å². The van der Waals surface area contributed by atoms with Gasteiger partial charge in [0.25, 0.3) is 5.91 Å². The zero-order valence-electron chi connectivity index (χ0n) is 14.5. The summed E-state index contributed by atoms with van der Waals surface area (Å²) in [7, 11) is 1.54. The van der Waals surface area contributed by atoms with Crippen molar-refractivity contribution in [3.05, 3.63) is 64.7 Å². The molecule has 0 saturated carbocycles. The number of nitrogens with one attached hydrogen (secondary N) is 2. The third-order valence-electron chi connectivity index (χ3n) is 3.36. The van der Waals surface area contributed by atoms with Gasteiger partial charge in [-0.05, 0) is 30.3 Å². The monoisotopic (exact) mass is 387 g/mol. The van der Waals surface area contributed by atoms with Gasteiger partial charge in [0, 0.05) is 22.2 Å². The maximum atomic E-state index is 11.8. The predicted molar refractivity (Wildman–Crippen MR) is 104 cm³/mol. The van der Waals surface area contributed by atoms with Crippen LogP contribution in [0, 0.1) is 0 Å². The number of hydrazone groups is 1. The molecular weight excluding hydrogens is 370 g/mol. The minimum atomic E-state index is -0.521. The van der Waals surface area contributed by atoms with Crippen molar-refractivity contribution in [2.24, 2.45) is 5.10 Å². The van der Waals surface area contributed by atoms with Crippen LogP contribution in [0.4, 0.5) is 0 Å². The summed E-state index contributed by atoms with van der Waals surface area (Å²) in [5.41, 5.74) is 3.34. The molecule has 140 valence electrons. The normalized spacial score (nSPS) is 10.9. The zero-order valence-corrected chi connectivity index (χ0v) is 15.2. The van der Waals surface area contributed by atoms with E-state index in [-0.39, 0.29) is 12.3 Å². The first-order valence-electron chi connectivity index (χ1n) is 7.89. The Morgan fingerprint density at radius 3 is 2.78 bits per heavy atom. The predicted octanol–water partition coefficient (Wildman–Crippen LogP) is 2.33. The smallest absolute Gasteiger partial charge is 0.259 e. The van der Waals surface area contributed by atoms with Gasteiger partial charge in [-0.15, -0.1) is 0 Å². The van der Waals surface area contributed by atoms with Gasteiger partial charge in [-0.2, -0.15) is 5.10 Å². The number of phenolic OH excluding ortho intramolecular Hbond substituents is 1. The minimum absolute atomic E-state index is 0.0211. The average Bonchev–Trinajstić information content (AvgIpc) is 2.67. The number of ether oxygens (including phenoxy) is 1. The molecule has 0 aliphatic carbocycles. The molecule has 0 spiro atoms. The van der Waals surface area contributed by atoms with Crippen molar-refractivity contribution in [1.29, 1.82) is 0 Å². The number of amides is 2. The molecule has 0 fully saturated rings. The quantitative estimate of drug-likeness (QED) is 0.385. The molecule has 0 bridgehead atoms. The van der Waals surface area contributed by atoms with Crippen molar-refractivity contribution in [3.8, 4) is 11.5 Å². The molecule has 0 aliphatic rings. The number of methoxy groups -OCH3 is 1. The first-order valence-corrected chi connectivity index (χ1v) is 8.26. The lowest BCUT2D eigenvalue weighted by Gasteiger charge is -2.04. The van der Waals surface area contributed by atoms with E-state index in [4.69, 9.17) is 16.3 Å². The minimum Gasteiger partial charge on any atom is -0.507 e. The lowest BCUT2D eigenvalue weighted by atomic mass is 10.2. The topological polar surface area (TPSA) is 100 Å². The highest BCUT2D eigenvalue weighted by molar-refractivity contribution is 6.30. The fourth-order valence-corrected chi connectivity index (χ4v) is 2.22. The summed E-state index contributed by atoms with van der Waals surface area (Å²) in [6, 6.07) is 11.7. The van der Waals surface area contributed by atoms with Crippen molar-refractivity contribution < 1.29 is 19.4 Å². The van der Waals surface area contributed by atoms with Crippen LogP contribution in [0.15, 0.2) is 53.6 Å². The summed E-state index contributed by atoms with van der Waals surface area (Å²) in [5, 5.41) is 16.2. The van der Waals surface area contributed by atoms with Crippen molar-refractivity contribution >= 4 is 35.7 Å². The van der Waals surface area contributed by atoms with Crippen molar-refractivity contribution in [2.45, 2.75) is 0 Å². The Morgan fingerprint density at radius 2 is 2.00 bits per heavy atom. The zero-order chi connectivity index (χ0) is 19.6. The first kappa shape index (κ1) is 20.0. The number of hydrogen-bond acceptors (Lipinski definition) is 5. The number of nitrogens with zero attached hydrogens (tertiary/aromatic N) is 1. The number of halogens is 1. The Balaban J connectivity index is 1.81. The average molecular weight is 388 g/mol. The van der Waals surface area contributed by atoms with E-state index in [9.17, 15) is 14.7 Å². The summed E-state index contributed by atoms with van der Waals surface area (Å²) >= 11 is 5.81. The van der Waals surface area contributed by atoms with Crippen LogP contribution in [0.1, 0.15) is 11.1 Å². The number of carbonyl (C=O) groups excluding carboxylic acids is 2. The molecule has 3 N–H and O–H groups in total. The van der Waals surface area contributed by atoms with Gasteiger partial charge >= 0.3 is 0 Å². The largest absolute Gasteiger partial charge is 0.507 e. The van der Waals surface area contributed by atoms with Gasteiger partial charge < -0.3 is 15.2 Å². The molecule has 0 aliphatic heterocycles. The molecule has 2 aromatic carbocycles. The maximum absolute atomic E-state index is 11.8. The summed E-state index contributed by atoms with van der Waals surface area (Å²) in [5.74, 6) is -0.343. The van der Waals surface area contributed by atoms with E-state index in [1.807, 2.05) is 12.1 Å². The Morgan fingerprint density at radius 1 is 1.22 bits per heavy atom. The Kier molecular flexibility index (Phi) is 7.39. The van der Waals surface area contributed by atoms with Gasteiger partial charge in [0.2, 0.25) is 5.91 Å². The number of carbonyl (C=O) groups is 2. The number of benzene rings is 2. The second kappa shape index (κ2) is 9.98. The second-order valence-electron chi connectivity index (χ2n) is 5.29. The van der Waals surface area contributed by atoms with Crippen LogP contribution in [-0.2, 0) is 9.59 Å². The van der Waals surface area contributed by atoms with E-state index < -0.39 is 11.8 Å². The summed E-state index contributed by atoms with van der Waals surface area (Å²) < 4.78 is 5.18. The number of phenols is 1. The Bertz CT molecular complexity index is 881. The van der Waals surface area contributed by atoms with Crippen LogP contribution >= 0.6 is 11.6 Å². The summed E-state index contributed by atoms with van der Waals surface area (Å²) in [6.45, 7) is -0.256. The van der Waals surface area contributed by atoms with Crippen molar-refractivity contribution in [1.82, 2.24) is 10.7 Å². The van der Waals surface area contributed by atoms with Gasteiger partial charge in [-0.3, -0.25) is 9.59 Å². The molecule has 27 heavy (non-hydrogen) atoms. The van der Waals surface area contributed by atoms with Crippen LogP contribution in [0.25, 0.3) is 6.08 Å². The highest BCUT2D eigenvalue weighted by Crippen LogP contribution is 2.19. The number of rotatable bonds is 7. The van der Waals surface area contributed by atoms with E-state index in [0.717, 1.165) is 5.56 Å². The van der Waals surface area contributed by atoms with Crippen LogP contribution < -0.4 is 15.5 Å². The summed E-state index contributed by atoms with van der Waals surface area (Å²) in [4.78, 5) is 23.5. The molecule has 2 rings (SSSR count). The van der Waals surface area contributed by atoms with E-state index in [1.54, 1.807) is 25.3 Å². The molecule has 0 radical (unpaired) electrons. The van der Waals surface area contributed by atoms with E-state index in [1.165, 1.54) is 30.5 Å². The van der Waals surface area contributed by atoms with Crippen LogP contribution in [0.3, 0.4) is 0 Å². The van der Waals surface area contributed by atoms with Gasteiger partial charge in [0.05, 0.1) is 19.9 Å². The molecule has 0 heterocycles. The van der Waals surface area contributed by atoms with Gasteiger partial charge in [0.15, 0.2) is 0 Å². The van der Waals surface area contributed by atoms with Crippen molar-refractivity contribution in [2.75, 3.05) is 13.7 Å². The molecule has 2 amide bonds. The second-order valence-corrected chi connectivity index (χ2v) is 5.73. The van der Waals surface area contributed by atoms with Gasteiger partial charge in [-0.1, -0.05) is 29.8 Å². The van der Waals surface area contributed by atoms with Gasteiger partial charge in [-0.25, -0.2) is 5.43 Å². The standard InChI is InChI=1S/C19H18ClN3O4/c1-27-17-5-3-2-4-13(17)6-9-18(25)21-12-19(26)23-22-11-14-10-15(20)7-8-16(14)24/h2-11,24H,12H2,1H3,(H,21,25)(H,23,26)/b9-6+,22-11?. The molecule has 0 saturated heterocycles. The lowest BCUT2D eigenvalue weighted by molar-refractivity contribution is -0.123. The van der Waals surface area contributed by atoms with Crippen LogP contribution in [-0.4, -0.2) is 36.8 Å². The van der Waals surface area contributed by atoms with E-state index in [0.29, 0.717) is 16.3 Å². The Labute approximate surface area is 161 Å². The fourth-order valence-electron chi connectivity index (χ4n) is 2.04. The third kappa shape index (κ3) is 6.48. The first-order chi connectivity index (χ1) is 13.0. The molecular formula is C19H18ClN3O4. The highest BCUT2D eigenvalue weighted by Gasteiger charge is 2.04. The summed E-state index contributed by atoms with van der Waals surface area (Å²) in [6.07, 6.45) is 4.15. The van der Waals surface area contributed by atoms with Crippen molar-refractivity contribution in [3.63, 3.8) is 0 Å². The number of hydrogen-bond donors (Lipinski definition) is 3. The molecule has 2 aromatic rings. The highest BCUT2D eigenvalue weighted by atomic mass is 35.5. The Hall–Kier alpha value is -3.32. The SMILES string of the molecule is COc1ccccc1/C=C/C(=O)NCC(=O)NN=Cc1cc(Cl)ccc1O.